The molecule has 1 aliphatic rings. The van der Waals surface area contributed by atoms with Crippen molar-refractivity contribution >= 4 is 28.2 Å². The number of rotatable bonds is 3. The van der Waals surface area contributed by atoms with Gasteiger partial charge in [0, 0.05) is 12.7 Å². The second-order valence-electron chi connectivity index (χ2n) is 4.85. The SMILES string of the molecule is CCN1CN(c2ccc3ncccc3c2[N+](=O)[O-])CC1=O. The van der Waals surface area contributed by atoms with E-state index < -0.39 is 4.92 Å². The van der Waals surface area contributed by atoms with Crippen LogP contribution in [0, 0.1) is 10.1 Å². The Hall–Kier alpha value is -2.70. The van der Waals surface area contributed by atoms with Crippen molar-refractivity contribution < 1.29 is 9.72 Å². The van der Waals surface area contributed by atoms with E-state index in [-0.39, 0.29) is 18.1 Å². The van der Waals surface area contributed by atoms with Crippen molar-refractivity contribution in [1.29, 1.82) is 0 Å². The van der Waals surface area contributed by atoms with E-state index >= 15 is 0 Å². The smallest absolute Gasteiger partial charge is 0.301 e. The van der Waals surface area contributed by atoms with Crippen LogP contribution in [0.3, 0.4) is 0 Å². The molecular formula is C14H14N4O3. The Morgan fingerprint density at radius 3 is 2.86 bits per heavy atom. The van der Waals surface area contributed by atoms with Crippen molar-refractivity contribution in [3.63, 3.8) is 0 Å². The van der Waals surface area contributed by atoms with Crippen LogP contribution in [0.15, 0.2) is 30.5 Å². The number of likely N-dealkylation sites (N-methyl/N-ethyl adjacent to an activating group) is 1. The van der Waals surface area contributed by atoms with E-state index in [1.54, 1.807) is 40.3 Å². The number of benzene rings is 1. The number of carbonyl (C=O) groups excluding carboxylic acids is 1. The molecule has 0 aliphatic carbocycles. The Bertz CT molecular complexity index is 731. The van der Waals surface area contributed by atoms with Crippen molar-refractivity contribution in [2.24, 2.45) is 0 Å². The van der Waals surface area contributed by atoms with Crippen LogP contribution in [-0.2, 0) is 4.79 Å². The minimum absolute atomic E-state index is 0.00588. The summed E-state index contributed by atoms with van der Waals surface area (Å²) in [7, 11) is 0. The van der Waals surface area contributed by atoms with Crippen LogP contribution in [0.25, 0.3) is 10.9 Å². The number of carbonyl (C=O) groups is 1. The Labute approximate surface area is 120 Å². The van der Waals surface area contributed by atoms with Crippen molar-refractivity contribution in [3.05, 3.63) is 40.6 Å². The quantitative estimate of drug-likeness (QED) is 0.634. The third-order valence-electron chi connectivity index (χ3n) is 3.66. The molecule has 1 aromatic carbocycles. The third kappa shape index (κ3) is 2.16. The van der Waals surface area contributed by atoms with Crippen molar-refractivity contribution in [1.82, 2.24) is 9.88 Å². The average molecular weight is 286 g/mol. The van der Waals surface area contributed by atoms with Gasteiger partial charge < -0.3 is 9.80 Å². The van der Waals surface area contributed by atoms with E-state index in [1.165, 1.54) is 0 Å². The fourth-order valence-electron chi connectivity index (χ4n) is 2.61. The molecule has 1 saturated heterocycles. The summed E-state index contributed by atoms with van der Waals surface area (Å²) in [5.74, 6) is -0.0157. The number of nitrogens with zero attached hydrogens (tertiary/aromatic N) is 4. The second kappa shape index (κ2) is 5.01. The molecule has 0 unspecified atom stereocenters. The highest BCUT2D eigenvalue weighted by Gasteiger charge is 2.31. The Balaban J connectivity index is 2.13. The number of hydrogen-bond donors (Lipinski definition) is 0. The monoisotopic (exact) mass is 286 g/mol. The van der Waals surface area contributed by atoms with Crippen LogP contribution in [0.5, 0.6) is 0 Å². The maximum Gasteiger partial charge on any atom is 0.301 e. The Kier molecular flexibility index (Phi) is 3.17. The minimum Gasteiger partial charge on any atom is -0.339 e. The van der Waals surface area contributed by atoms with Crippen molar-refractivity contribution in [2.45, 2.75) is 6.92 Å². The summed E-state index contributed by atoms with van der Waals surface area (Å²) in [4.78, 5) is 30.4. The van der Waals surface area contributed by atoms with Gasteiger partial charge in [-0.25, -0.2) is 0 Å². The molecule has 0 spiro atoms. The van der Waals surface area contributed by atoms with Crippen LogP contribution in [-0.4, -0.2) is 40.5 Å². The van der Waals surface area contributed by atoms with Gasteiger partial charge in [0.1, 0.15) is 5.69 Å². The van der Waals surface area contributed by atoms with Crippen LogP contribution in [0.2, 0.25) is 0 Å². The fraction of sp³-hybridized carbons (Fsp3) is 0.286. The molecule has 0 saturated carbocycles. The van der Waals surface area contributed by atoms with Gasteiger partial charge in [-0.15, -0.1) is 0 Å². The highest BCUT2D eigenvalue weighted by atomic mass is 16.6. The van der Waals surface area contributed by atoms with E-state index in [2.05, 4.69) is 4.98 Å². The molecule has 2 aromatic rings. The maximum absolute atomic E-state index is 11.8. The number of hydrogen-bond acceptors (Lipinski definition) is 5. The van der Waals surface area contributed by atoms with Gasteiger partial charge in [0.05, 0.1) is 29.0 Å². The molecule has 1 fully saturated rings. The maximum atomic E-state index is 11.8. The molecule has 108 valence electrons. The van der Waals surface area contributed by atoms with E-state index in [0.717, 1.165) is 0 Å². The molecule has 3 rings (SSSR count). The first-order valence-corrected chi connectivity index (χ1v) is 6.66. The number of fused-ring (bicyclic) bond motifs is 1. The van der Waals surface area contributed by atoms with Gasteiger partial charge in [-0.3, -0.25) is 19.9 Å². The fourth-order valence-corrected chi connectivity index (χ4v) is 2.61. The van der Waals surface area contributed by atoms with Gasteiger partial charge in [-0.1, -0.05) is 0 Å². The first kappa shape index (κ1) is 13.3. The van der Waals surface area contributed by atoms with Gasteiger partial charge in [-0.05, 0) is 31.2 Å². The predicted octanol–water partition coefficient (Wildman–Crippen LogP) is 1.77. The zero-order valence-corrected chi connectivity index (χ0v) is 11.5. The van der Waals surface area contributed by atoms with Crippen LogP contribution in [0.4, 0.5) is 11.4 Å². The van der Waals surface area contributed by atoms with Gasteiger partial charge in [0.25, 0.3) is 0 Å². The molecule has 7 heteroatoms. The first-order chi connectivity index (χ1) is 10.1. The van der Waals surface area contributed by atoms with E-state index in [4.69, 9.17) is 0 Å². The first-order valence-electron chi connectivity index (χ1n) is 6.66. The molecule has 2 heterocycles. The van der Waals surface area contributed by atoms with Gasteiger partial charge in [0.15, 0.2) is 0 Å². The van der Waals surface area contributed by atoms with Gasteiger partial charge >= 0.3 is 5.69 Å². The van der Waals surface area contributed by atoms with Crippen LogP contribution in [0.1, 0.15) is 6.92 Å². The molecular weight excluding hydrogens is 272 g/mol. The summed E-state index contributed by atoms with van der Waals surface area (Å²) in [6.07, 6.45) is 1.60. The molecule has 1 aromatic heterocycles. The summed E-state index contributed by atoms with van der Waals surface area (Å²) in [6, 6.07) is 6.77. The lowest BCUT2D eigenvalue weighted by molar-refractivity contribution is -0.382. The topological polar surface area (TPSA) is 79.6 Å². The van der Waals surface area contributed by atoms with E-state index in [1.807, 2.05) is 6.92 Å². The van der Waals surface area contributed by atoms with Crippen molar-refractivity contribution in [2.75, 3.05) is 24.7 Å². The summed E-state index contributed by atoms with van der Waals surface area (Å²) in [5.41, 5.74) is 1.04. The molecule has 0 atom stereocenters. The third-order valence-corrected chi connectivity index (χ3v) is 3.66. The minimum atomic E-state index is -0.404. The van der Waals surface area contributed by atoms with Crippen LogP contribution >= 0.6 is 0 Å². The molecule has 1 aliphatic heterocycles. The van der Waals surface area contributed by atoms with Crippen molar-refractivity contribution in [3.8, 4) is 0 Å². The van der Waals surface area contributed by atoms with Crippen LogP contribution < -0.4 is 4.90 Å². The summed E-state index contributed by atoms with van der Waals surface area (Å²) < 4.78 is 0. The number of anilines is 1. The lowest BCUT2D eigenvalue weighted by atomic mass is 10.1. The Morgan fingerprint density at radius 2 is 2.19 bits per heavy atom. The zero-order valence-electron chi connectivity index (χ0n) is 11.5. The predicted molar refractivity (Wildman–Crippen MR) is 78.0 cm³/mol. The molecule has 1 amide bonds. The van der Waals surface area contributed by atoms with Gasteiger partial charge in [0.2, 0.25) is 5.91 Å². The number of nitro benzene ring substituents is 1. The van der Waals surface area contributed by atoms with E-state index in [9.17, 15) is 14.9 Å². The highest BCUT2D eigenvalue weighted by Crippen LogP contribution is 2.36. The number of amides is 1. The highest BCUT2D eigenvalue weighted by molar-refractivity contribution is 5.96. The molecule has 0 radical (unpaired) electrons. The summed E-state index contributed by atoms with van der Waals surface area (Å²) >= 11 is 0. The molecule has 21 heavy (non-hydrogen) atoms. The summed E-state index contributed by atoms with van der Waals surface area (Å²) in [6.45, 7) is 3.03. The standard InChI is InChI=1S/C14H14N4O3/c1-2-16-9-17(8-13(16)19)12-6-5-11-10(4-3-7-15-11)14(12)18(20)21/h3-7H,2,8-9H2,1H3. The largest absolute Gasteiger partial charge is 0.339 e. The lowest BCUT2D eigenvalue weighted by Gasteiger charge is -2.18. The lowest BCUT2D eigenvalue weighted by Crippen LogP contribution is -2.27. The van der Waals surface area contributed by atoms with Gasteiger partial charge in [-0.2, -0.15) is 0 Å². The number of nitro groups is 1. The second-order valence-corrected chi connectivity index (χ2v) is 4.85. The number of aromatic nitrogens is 1. The normalized spacial score (nSPS) is 15.0. The number of pyridine rings is 1. The summed E-state index contributed by atoms with van der Waals surface area (Å²) in [5, 5.41) is 12.0. The Morgan fingerprint density at radius 1 is 1.38 bits per heavy atom. The molecule has 0 bridgehead atoms. The zero-order chi connectivity index (χ0) is 15.0. The van der Waals surface area contributed by atoms with E-state index in [0.29, 0.717) is 29.8 Å². The average Bonchev–Trinajstić information content (AvgIpc) is 2.86. The molecule has 0 N–H and O–H groups in total. The molecule has 7 nitrogen and oxygen atoms in total.